The fourth-order valence-corrected chi connectivity index (χ4v) is 3.38. The third-order valence-electron chi connectivity index (χ3n) is 4.80. The second-order valence-electron chi connectivity index (χ2n) is 6.66. The minimum absolute atomic E-state index is 0.0807. The second kappa shape index (κ2) is 8.36. The lowest BCUT2D eigenvalue weighted by atomic mass is 9.85. The predicted molar refractivity (Wildman–Crippen MR) is 110 cm³/mol. The summed E-state index contributed by atoms with van der Waals surface area (Å²) in [7, 11) is 2.51. The van der Waals surface area contributed by atoms with E-state index in [1.165, 1.54) is 14.2 Å². The standard InChI is InChI=1S/C24H29NO3/c1-27-22-14-19-13-20(24(26)21(19)15-23(22)28-2)12-17-8-10-25(11-9-17)16-18-6-4-3-5-7-18/h3-7,14-15,17,20H,8-13,16H2,1-2H3/i8D2,9D2,10D2,11D2,14D,15D,17D. The van der Waals surface area contributed by atoms with Crippen LogP contribution in [0.5, 0.6) is 11.5 Å². The summed E-state index contributed by atoms with van der Waals surface area (Å²) >= 11 is 0. The summed E-state index contributed by atoms with van der Waals surface area (Å²) in [5, 5.41) is 0. The van der Waals surface area contributed by atoms with Gasteiger partial charge in [0.2, 0.25) is 0 Å². The van der Waals surface area contributed by atoms with Crippen LogP contribution in [0.2, 0.25) is 0 Å². The van der Waals surface area contributed by atoms with Crippen LogP contribution >= 0.6 is 0 Å². The van der Waals surface area contributed by atoms with Gasteiger partial charge in [0.25, 0.3) is 0 Å². The van der Waals surface area contributed by atoms with Gasteiger partial charge < -0.3 is 9.47 Å². The molecule has 0 N–H and O–H groups in total. The first-order valence-electron chi connectivity index (χ1n) is 14.5. The highest BCUT2D eigenvalue weighted by atomic mass is 16.5. The highest BCUT2D eigenvalue weighted by Crippen LogP contribution is 2.39. The summed E-state index contributed by atoms with van der Waals surface area (Å²) in [6.45, 7) is -6.79. The third kappa shape index (κ3) is 3.93. The number of rotatable bonds is 6. The van der Waals surface area contributed by atoms with Crippen LogP contribution in [0.15, 0.2) is 42.4 Å². The van der Waals surface area contributed by atoms with E-state index in [1.807, 2.05) is 0 Å². The van der Waals surface area contributed by atoms with Gasteiger partial charge in [-0.1, -0.05) is 30.3 Å². The Bertz CT molecular complexity index is 1270. The lowest BCUT2D eigenvalue weighted by Gasteiger charge is -2.32. The zero-order chi connectivity index (χ0) is 29.3. The van der Waals surface area contributed by atoms with Crippen molar-refractivity contribution in [3.63, 3.8) is 0 Å². The number of methoxy groups -OCH3 is 2. The van der Waals surface area contributed by atoms with Crippen LogP contribution in [0.25, 0.3) is 0 Å². The molecule has 0 bridgehead atoms. The molecule has 1 saturated heterocycles. The molecule has 28 heavy (non-hydrogen) atoms. The van der Waals surface area contributed by atoms with Gasteiger partial charge in [-0.05, 0) is 67.7 Å². The average Bonchev–Trinajstić information content (AvgIpc) is 3.19. The summed E-state index contributed by atoms with van der Waals surface area (Å²) in [4.78, 5) is 13.9. The number of likely N-dealkylation sites (tertiary alicyclic amines) is 1. The number of fused-ring (bicyclic) bond motifs is 1. The number of carbonyl (C=O) groups is 1. The van der Waals surface area contributed by atoms with Crippen molar-refractivity contribution in [2.45, 2.75) is 32.1 Å². The molecule has 0 amide bonds. The van der Waals surface area contributed by atoms with E-state index in [-0.39, 0.29) is 41.1 Å². The fourth-order valence-electron chi connectivity index (χ4n) is 3.38. The van der Waals surface area contributed by atoms with E-state index in [4.69, 9.17) is 24.6 Å². The maximum Gasteiger partial charge on any atom is 0.166 e. The highest BCUT2D eigenvalue weighted by Gasteiger charge is 2.34. The van der Waals surface area contributed by atoms with Crippen LogP contribution in [0.3, 0.4) is 0 Å². The zero-order valence-electron chi connectivity index (χ0n) is 26.8. The van der Waals surface area contributed by atoms with E-state index in [0.29, 0.717) is 10.5 Å². The number of piperidine rings is 1. The Balaban J connectivity index is 1.79. The molecule has 2 aromatic carbocycles. The number of hydrogen-bond acceptors (Lipinski definition) is 4. The highest BCUT2D eigenvalue weighted by molar-refractivity contribution is 6.02. The molecule has 1 aliphatic carbocycles. The van der Waals surface area contributed by atoms with E-state index in [2.05, 4.69) is 0 Å². The Kier molecular flexibility index (Phi) is 2.96. The van der Waals surface area contributed by atoms with Gasteiger partial charge in [0.1, 0.15) is 0 Å². The van der Waals surface area contributed by atoms with Crippen molar-refractivity contribution < 1.29 is 29.3 Å². The molecule has 0 aromatic heterocycles. The molecular weight excluding hydrogens is 350 g/mol. The number of carbonyl (C=O) groups excluding carboxylic acids is 1. The molecule has 4 rings (SSSR count). The smallest absolute Gasteiger partial charge is 0.166 e. The van der Waals surface area contributed by atoms with E-state index >= 15 is 0 Å². The molecular formula is C24H29NO3. The molecule has 1 unspecified atom stereocenters. The van der Waals surface area contributed by atoms with Crippen molar-refractivity contribution in [1.82, 2.24) is 4.90 Å². The molecule has 2 aliphatic rings. The van der Waals surface area contributed by atoms with E-state index in [1.54, 1.807) is 30.3 Å². The number of hydrogen-bond donors (Lipinski definition) is 0. The van der Waals surface area contributed by atoms with Crippen molar-refractivity contribution in [3.8, 4) is 11.5 Å². The summed E-state index contributed by atoms with van der Waals surface area (Å²) < 4.78 is 106. The number of Topliss-reactive ketones (excluding diaryl/α,β-unsaturated/α-hetero) is 1. The molecule has 4 heteroatoms. The Labute approximate surface area is 182 Å². The van der Waals surface area contributed by atoms with E-state index < -0.39 is 56.3 Å². The topological polar surface area (TPSA) is 38.8 Å². The third-order valence-corrected chi connectivity index (χ3v) is 4.80. The summed E-state index contributed by atoms with van der Waals surface area (Å²) in [6.07, 6.45) is -7.74. The number of benzene rings is 2. The van der Waals surface area contributed by atoms with Crippen LogP contribution in [-0.2, 0) is 13.0 Å². The van der Waals surface area contributed by atoms with Gasteiger partial charge in [0, 0.05) is 30.4 Å². The van der Waals surface area contributed by atoms with E-state index in [9.17, 15) is 4.79 Å². The van der Waals surface area contributed by atoms with Crippen LogP contribution in [-0.4, -0.2) is 37.9 Å². The van der Waals surface area contributed by atoms with Gasteiger partial charge in [-0.3, -0.25) is 9.69 Å². The molecule has 1 fully saturated rings. The molecule has 4 nitrogen and oxygen atoms in total. The lowest BCUT2D eigenvalue weighted by Crippen LogP contribution is -2.34. The van der Waals surface area contributed by atoms with Gasteiger partial charge in [-0.15, -0.1) is 0 Å². The van der Waals surface area contributed by atoms with Crippen molar-refractivity contribution in [2.75, 3.05) is 27.2 Å². The zero-order valence-corrected chi connectivity index (χ0v) is 15.8. The Morgan fingerprint density at radius 1 is 1.14 bits per heavy atom. The number of ketones is 1. The fraction of sp³-hybridized carbons (Fsp3) is 0.458. The largest absolute Gasteiger partial charge is 0.493 e. The van der Waals surface area contributed by atoms with Gasteiger partial charge in [0.15, 0.2) is 17.3 Å². The molecule has 0 saturated carbocycles. The quantitative estimate of drug-likeness (QED) is 0.735. The molecule has 148 valence electrons. The normalized spacial score (nSPS) is 34.3. The summed E-state index contributed by atoms with van der Waals surface area (Å²) in [5.41, 5.74) is 0.342. The Morgan fingerprint density at radius 3 is 2.50 bits per heavy atom. The van der Waals surface area contributed by atoms with Gasteiger partial charge in [-0.25, -0.2) is 0 Å². The first kappa shape index (κ1) is 9.93. The van der Waals surface area contributed by atoms with Crippen LogP contribution < -0.4 is 9.47 Å². The maximum absolute atomic E-state index is 13.5. The van der Waals surface area contributed by atoms with Crippen molar-refractivity contribution in [2.24, 2.45) is 11.8 Å². The molecule has 2 aromatic rings. The first-order chi connectivity index (χ1) is 17.9. The lowest BCUT2D eigenvalue weighted by molar-refractivity contribution is 0.0895. The van der Waals surface area contributed by atoms with Crippen molar-refractivity contribution in [1.29, 1.82) is 0 Å². The SMILES string of the molecule is [2H]c1c2c(c([2H])c(OC)c1OC)C(=O)C(CC1([2H])C([2H])([2H])C([2H])([2H])N(Cc3ccccc3)C([2H])([2H])C1([2H])[2H])C2. The van der Waals surface area contributed by atoms with Crippen LogP contribution in [0, 0.1) is 11.8 Å². The average molecular weight is 391 g/mol. The summed E-state index contributed by atoms with van der Waals surface area (Å²) in [5.74, 6) is -5.36. The summed E-state index contributed by atoms with van der Waals surface area (Å²) in [6, 6.07) is 7.53. The number of ether oxygens (including phenoxy) is 2. The van der Waals surface area contributed by atoms with Crippen LogP contribution in [0.4, 0.5) is 0 Å². The van der Waals surface area contributed by atoms with Gasteiger partial charge >= 0.3 is 0 Å². The van der Waals surface area contributed by atoms with Crippen molar-refractivity contribution >= 4 is 5.78 Å². The van der Waals surface area contributed by atoms with Gasteiger partial charge in [0.05, 0.1) is 17.0 Å². The molecule has 1 heterocycles. The minimum atomic E-state index is -3.30. The maximum atomic E-state index is 13.5. The molecule has 0 spiro atoms. The van der Waals surface area contributed by atoms with Crippen LogP contribution in [0.1, 0.15) is 55.7 Å². The molecule has 1 aliphatic heterocycles. The monoisotopic (exact) mass is 390 g/mol. The Morgan fingerprint density at radius 2 is 1.82 bits per heavy atom. The van der Waals surface area contributed by atoms with E-state index in [0.717, 1.165) is 0 Å². The number of nitrogens with zero attached hydrogens (tertiary/aromatic N) is 1. The van der Waals surface area contributed by atoms with Gasteiger partial charge in [-0.2, -0.15) is 0 Å². The van der Waals surface area contributed by atoms with Crippen molar-refractivity contribution in [3.05, 3.63) is 59.1 Å². The Hall–Kier alpha value is -2.33. The second-order valence-corrected chi connectivity index (χ2v) is 6.66. The molecule has 1 atom stereocenters. The minimum Gasteiger partial charge on any atom is -0.493 e. The molecule has 0 radical (unpaired) electrons. The predicted octanol–water partition coefficient (Wildman–Crippen LogP) is 4.36. The first-order valence-corrected chi connectivity index (χ1v) is 9.02.